The summed E-state index contributed by atoms with van der Waals surface area (Å²) in [7, 11) is -3.44. The monoisotopic (exact) mass is 268 g/mol. The Morgan fingerprint density at radius 2 is 1.72 bits per heavy atom. The van der Waals surface area contributed by atoms with Gasteiger partial charge in [-0.2, -0.15) is 0 Å². The predicted octanol–water partition coefficient (Wildman–Crippen LogP) is 1.21. The third-order valence-corrected chi connectivity index (χ3v) is 4.00. The fourth-order valence-corrected chi connectivity index (χ4v) is 3.02. The zero-order chi connectivity index (χ0) is 13.5. The van der Waals surface area contributed by atoms with E-state index in [0.29, 0.717) is 11.4 Å². The number of hydrogen-bond donors (Lipinski definition) is 0. The van der Waals surface area contributed by atoms with Gasteiger partial charge >= 0.3 is 0 Å². The number of nitrogens with zero attached hydrogens (tertiary/aromatic N) is 2. The number of sulfonamides is 1. The van der Waals surface area contributed by atoms with Gasteiger partial charge in [-0.15, -0.1) is 0 Å². The minimum atomic E-state index is -3.44. The molecule has 0 spiro atoms. The lowest BCUT2D eigenvalue weighted by Crippen LogP contribution is -2.50. The molecule has 0 atom stereocenters. The summed E-state index contributed by atoms with van der Waals surface area (Å²) in [5, 5.41) is 0. The van der Waals surface area contributed by atoms with Gasteiger partial charge in [0.25, 0.3) is 0 Å². The average molecular weight is 268 g/mol. The molecular weight excluding hydrogens is 252 g/mol. The molecule has 5 nitrogen and oxygen atoms in total. The van der Waals surface area contributed by atoms with Crippen molar-refractivity contribution in [1.29, 1.82) is 0 Å². The predicted molar refractivity (Wildman–Crippen MR) is 71.3 cm³/mol. The minimum absolute atomic E-state index is 0.000334. The van der Waals surface area contributed by atoms with Crippen LogP contribution in [0.2, 0.25) is 0 Å². The third-order valence-electron chi connectivity index (χ3n) is 2.87. The number of hydrogen-bond acceptors (Lipinski definition) is 3. The van der Waals surface area contributed by atoms with Crippen molar-refractivity contribution in [2.45, 2.75) is 19.9 Å². The first kappa shape index (κ1) is 12.9. The summed E-state index contributed by atoms with van der Waals surface area (Å²) >= 11 is 0. The molecule has 0 aromatic heterocycles. The summed E-state index contributed by atoms with van der Waals surface area (Å²) in [4.78, 5) is 13.7. The maximum Gasteiger partial charge on any atom is 0.248 e. The van der Waals surface area contributed by atoms with Crippen LogP contribution >= 0.6 is 0 Å². The molecule has 1 aliphatic heterocycles. The van der Waals surface area contributed by atoms with E-state index in [1.165, 1.54) is 0 Å². The van der Waals surface area contributed by atoms with Gasteiger partial charge in [0.15, 0.2) is 0 Å². The molecule has 0 unspecified atom stereocenters. The van der Waals surface area contributed by atoms with Crippen molar-refractivity contribution in [2.75, 3.05) is 22.0 Å². The Hall–Kier alpha value is -1.56. The molecule has 1 heterocycles. The van der Waals surface area contributed by atoms with E-state index >= 15 is 0 Å². The van der Waals surface area contributed by atoms with Gasteiger partial charge in [-0.05, 0) is 26.0 Å². The first-order chi connectivity index (χ1) is 8.32. The molecule has 1 aliphatic rings. The summed E-state index contributed by atoms with van der Waals surface area (Å²) in [6, 6.07) is 7.06. The van der Waals surface area contributed by atoms with Crippen LogP contribution in [0.1, 0.15) is 13.8 Å². The number of anilines is 2. The van der Waals surface area contributed by atoms with Crippen LogP contribution in [0.4, 0.5) is 11.4 Å². The Kier molecular flexibility index (Phi) is 3.06. The van der Waals surface area contributed by atoms with E-state index in [-0.39, 0.29) is 18.5 Å². The highest BCUT2D eigenvalue weighted by molar-refractivity contribution is 7.92. The summed E-state index contributed by atoms with van der Waals surface area (Å²) in [5.41, 5.74) is 1.21. The maximum atomic E-state index is 12.1. The zero-order valence-corrected chi connectivity index (χ0v) is 11.4. The van der Waals surface area contributed by atoms with E-state index in [2.05, 4.69) is 0 Å². The van der Waals surface area contributed by atoms with Crippen LogP contribution in [-0.2, 0) is 14.8 Å². The average Bonchev–Trinajstić information content (AvgIpc) is 2.25. The van der Waals surface area contributed by atoms with Crippen LogP contribution in [0.5, 0.6) is 0 Å². The Balaban J connectivity index is 2.62. The number of benzene rings is 1. The number of amides is 1. The van der Waals surface area contributed by atoms with Gasteiger partial charge in [0.05, 0.1) is 17.6 Å². The SMILES string of the molecule is CC(C)N1C(=O)CN(S(C)(=O)=O)c2ccccc21. The Bertz CT molecular complexity index is 581. The van der Waals surface area contributed by atoms with Crippen LogP contribution in [-0.4, -0.2) is 33.2 Å². The van der Waals surface area contributed by atoms with Crippen molar-refractivity contribution in [3.8, 4) is 0 Å². The van der Waals surface area contributed by atoms with Crippen LogP contribution in [0.15, 0.2) is 24.3 Å². The lowest BCUT2D eigenvalue weighted by molar-refractivity contribution is -0.117. The normalized spacial score (nSPS) is 16.1. The molecule has 1 aromatic rings. The minimum Gasteiger partial charge on any atom is -0.306 e. The lowest BCUT2D eigenvalue weighted by atomic mass is 10.1. The highest BCUT2D eigenvalue weighted by Gasteiger charge is 2.34. The van der Waals surface area contributed by atoms with Gasteiger partial charge in [-0.3, -0.25) is 9.10 Å². The third kappa shape index (κ3) is 2.08. The molecule has 0 bridgehead atoms. The van der Waals surface area contributed by atoms with E-state index in [9.17, 15) is 13.2 Å². The van der Waals surface area contributed by atoms with E-state index in [4.69, 9.17) is 0 Å². The number of fused-ring (bicyclic) bond motifs is 1. The second kappa shape index (κ2) is 4.28. The van der Waals surface area contributed by atoms with Crippen LogP contribution < -0.4 is 9.21 Å². The molecule has 0 radical (unpaired) electrons. The Morgan fingerprint density at radius 3 is 2.22 bits per heavy atom. The summed E-state index contributed by atoms with van der Waals surface area (Å²) in [6.07, 6.45) is 1.11. The Labute approximate surface area is 107 Å². The summed E-state index contributed by atoms with van der Waals surface area (Å²) in [5.74, 6) is -0.200. The highest BCUT2D eigenvalue weighted by atomic mass is 32.2. The van der Waals surface area contributed by atoms with Crippen molar-refractivity contribution >= 4 is 27.3 Å². The molecule has 18 heavy (non-hydrogen) atoms. The van der Waals surface area contributed by atoms with E-state index in [0.717, 1.165) is 10.6 Å². The van der Waals surface area contributed by atoms with E-state index in [1.807, 2.05) is 13.8 Å². The molecule has 6 heteroatoms. The van der Waals surface area contributed by atoms with Gasteiger partial charge in [0.2, 0.25) is 15.9 Å². The molecule has 0 fully saturated rings. The van der Waals surface area contributed by atoms with Gasteiger partial charge in [-0.1, -0.05) is 12.1 Å². The number of carbonyl (C=O) groups is 1. The highest BCUT2D eigenvalue weighted by Crippen LogP contribution is 2.35. The van der Waals surface area contributed by atoms with Crippen molar-refractivity contribution in [1.82, 2.24) is 0 Å². The smallest absolute Gasteiger partial charge is 0.248 e. The molecule has 1 amide bonds. The largest absolute Gasteiger partial charge is 0.306 e. The molecule has 98 valence electrons. The second-order valence-electron chi connectivity index (χ2n) is 4.62. The quantitative estimate of drug-likeness (QED) is 0.810. The molecule has 0 N–H and O–H groups in total. The van der Waals surface area contributed by atoms with Gasteiger partial charge in [0.1, 0.15) is 6.54 Å². The van der Waals surface area contributed by atoms with Crippen molar-refractivity contribution in [3.63, 3.8) is 0 Å². The van der Waals surface area contributed by atoms with Gasteiger partial charge in [-0.25, -0.2) is 8.42 Å². The molecular formula is C12H16N2O3S. The first-order valence-electron chi connectivity index (χ1n) is 5.71. The summed E-state index contributed by atoms with van der Waals surface area (Å²) in [6.45, 7) is 3.68. The number of carbonyl (C=O) groups excluding carboxylic acids is 1. The van der Waals surface area contributed by atoms with Gasteiger partial charge < -0.3 is 4.90 Å². The maximum absolute atomic E-state index is 12.1. The molecule has 1 aromatic carbocycles. The van der Waals surface area contributed by atoms with E-state index < -0.39 is 10.0 Å². The zero-order valence-electron chi connectivity index (χ0n) is 10.6. The van der Waals surface area contributed by atoms with Gasteiger partial charge in [0, 0.05) is 6.04 Å². The lowest BCUT2D eigenvalue weighted by Gasteiger charge is -2.37. The molecule has 0 aliphatic carbocycles. The molecule has 0 saturated heterocycles. The summed E-state index contributed by atoms with van der Waals surface area (Å²) < 4.78 is 24.6. The fourth-order valence-electron chi connectivity index (χ4n) is 2.16. The van der Waals surface area contributed by atoms with Crippen LogP contribution in [0.3, 0.4) is 0 Å². The number of para-hydroxylation sites is 2. The first-order valence-corrected chi connectivity index (χ1v) is 7.56. The molecule has 2 rings (SSSR count). The van der Waals surface area contributed by atoms with Crippen molar-refractivity contribution in [2.24, 2.45) is 0 Å². The van der Waals surface area contributed by atoms with Crippen molar-refractivity contribution in [3.05, 3.63) is 24.3 Å². The van der Waals surface area contributed by atoms with E-state index in [1.54, 1.807) is 29.2 Å². The van der Waals surface area contributed by atoms with Crippen LogP contribution in [0, 0.1) is 0 Å². The number of rotatable bonds is 2. The Morgan fingerprint density at radius 1 is 1.17 bits per heavy atom. The van der Waals surface area contributed by atoms with Crippen molar-refractivity contribution < 1.29 is 13.2 Å². The van der Waals surface area contributed by atoms with Crippen LogP contribution in [0.25, 0.3) is 0 Å². The molecule has 0 saturated carbocycles. The fraction of sp³-hybridized carbons (Fsp3) is 0.417. The topological polar surface area (TPSA) is 57.7 Å². The standard InChI is InChI=1S/C12H16N2O3S/c1-9(2)14-11-7-5-4-6-10(11)13(8-12(14)15)18(3,16)17/h4-7,9H,8H2,1-3H3. The second-order valence-corrected chi connectivity index (χ2v) is 6.52.